The summed E-state index contributed by atoms with van der Waals surface area (Å²) in [6.07, 6.45) is -0.775. The number of amides is 3. The van der Waals surface area contributed by atoms with Gasteiger partial charge in [-0.15, -0.1) is 0 Å². The van der Waals surface area contributed by atoms with Crippen molar-refractivity contribution in [1.82, 2.24) is 15.5 Å². The number of aliphatic hydroxyl groups excluding tert-OH is 1. The molecule has 1 fully saturated rings. The first-order chi connectivity index (χ1) is 15.0. The van der Waals surface area contributed by atoms with E-state index in [0.29, 0.717) is 6.42 Å². The predicted molar refractivity (Wildman–Crippen MR) is 105 cm³/mol. The van der Waals surface area contributed by atoms with Crippen LogP contribution in [0, 0.1) is 0 Å². The number of likely N-dealkylation sites (tertiary alicyclic amines) is 1. The third-order valence-corrected chi connectivity index (χ3v) is 4.90. The van der Waals surface area contributed by atoms with E-state index in [2.05, 4.69) is 10.6 Å². The van der Waals surface area contributed by atoms with Crippen molar-refractivity contribution in [2.45, 2.75) is 62.7 Å². The highest BCUT2D eigenvalue weighted by molar-refractivity contribution is 5.94. The van der Waals surface area contributed by atoms with E-state index in [1.165, 1.54) is 0 Å². The average Bonchev–Trinajstić information content (AvgIpc) is 3.21. The molecule has 1 aliphatic rings. The fourth-order valence-corrected chi connectivity index (χ4v) is 3.17. The van der Waals surface area contributed by atoms with Gasteiger partial charge in [0.05, 0.1) is 12.6 Å². The molecule has 8 N–H and O–H groups in total. The van der Waals surface area contributed by atoms with Crippen molar-refractivity contribution in [2.24, 2.45) is 5.73 Å². The summed E-state index contributed by atoms with van der Waals surface area (Å²) >= 11 is 0. The molecule has 0 bridgehead atoms. The molecule has 4 unspecified atom stereocenters. The van der Waals surface area contributed by atoms with Crippen LogP contribution in [0.4, 0.5) is 0 Å². The lowest BCUT2D eigenvalue weighted by Gasteiger charge is -2.29. The van der Waals surface area contributed by atoms with Crippen LogP contribution in [0.15, 0.2) is 0 Å². The Hall–Kier alpha value is -3.26. The van der Waals surface area contributed by atoms with Crippen molar-refractivity contribution in [3.05, 3.63) is 0 Å². The first kappa shape index (κ1) is 26.8. The van der Waals surface area contributed by atoms with Crippen molar-refractivity contribution >= 4 is 35.6 Å². The second-order valence-electron chi connectivity index (χ2n) is 7.30. The minimum absolute atomic E-state index is 0.112. The Morgan fingerprint density at radius 2 is 1.53 bits per heavy atom. The van der Waals surface area contributed by atoms with Crippen LogP contribution in [0.2, 0.25) is 0 Å². The summed E-state index contributed by atoms with van der Waals surface area (Å²) in [7, 11) is 0. The number of nitrogens with one attached hydrogen (secondary N) is 2. The lowest BCUT2D eigenvalue weighted by Crippen LogP contribution is -2.57. The summed E-state index contributed by atoms with van der Waals surface area (Å²) in [6, 6.07) is -5.19. The van der Waals surface area contributed by atoms with Gasteiger partial charge in [0.15, 0.2) is 0 Å². The second-order valence-corrected chi connectivity index (χ2v) is 7.30. The number of carbonyl (C=O) groups is 6. The Morgan fingerprint density at radius 1 is 0.938 bits per heavy atom. The van der Waals surface area contributed by atoms with E-state index in [1.807, 2.05) is 0 Å². The number of nitrogens with zero attached hydrogens (tertiary/aromatic N) is 1. The topological polar surface area (TPSA) is 237 Å². The number of hydrogen-bond acceptors (Lipinski definition) is 8. The highest BCUT2D eigenvalue weighted by Crippen LogP contribution is 2.19. The molecule has 0 aromatic heterocycles. The molecule has 1 saturated heterocycles. The van der Waals surface area contributed by atoms with Gasteiger partial charge >= 0.3 is 17.9 Å². The third-order valence-electron chi connectivity index (χ3n) is 4.90. The molecule has 1 aliphatic heterocycles. The standard InChI is InChI=1S/C18H28N4O10/c19-9(3-5-13(24)25)15(28)21-11(8-23)17(30)22-7-1-2-12(22)16(29)20-10(18(31)32)4-6-14(26)27/h9-12,23H,1-8,19H2,(H,20,29)(H,21,28)(H,24,25)(H,26,27)(H,31,32). The number of aliphatic carboxylic acids is 3. The summed E-state index contributed by atoms with van der Waals surface area (Å²) in [4.78, 5) is 71.1. The summed E-state index contributed by atoms with van der Waals surface area (Å²) in [5, 5.41) is 40.5. The molecule has 4 atom stereocenters. The lowest BCUT2D eigenvalue weighted by molar-refractivity contribution is -0.146. The van der Waals surface area contributed by atoms with E-state index in [-0.39, 0.29) is 32.2 Å². The van der Waals surface area contributed by atoms with E-state index in [0.717, 1.165) is 4.90 Å². The normalized spacial score (nSPS) is 18.3. The van der Waals surface area contributed by atoms with Gasteiger partial charge in [-0.3, -0.25) is 24.0 Å². The molecular weight excluding hydrogens is 432 g/mol. The molecule has 14 heteroatoms. The van der Waals surface area contributed by atoms with Gasteiger partial charge in [0.2, 0.25) is 17.7 Å². The summed E-state index contributed by atoms with van der Waals surface area (Å²) in [5.41, 5.74) is 5.59. The summed E-state index contributed by atoms with van der Waals surface area (Å²) < 4.78 is 0. The quantitative estimate of drug-likeness (QED) is 0.147. The van der Waals surface area contributed by atoms with Crippen molar-refractivity contribution in [2.75, 3.05) is 13.2 Å². The van der Waals surface area contributed by atoms with Crippen LogP contribution >= 0.6 is 0 Å². The molecule has 1 rings (SSSR count). The smallest absolute Gasteiger partial charge is 0.326 e. The molecule has 0 spiro atoms. The summed E-state index contributed by atoms with van der Waals surface area (Å²) in [5.74, 6) is -6.25. The first-order valence-electron chi connectivity index (χ1n) is 9.92. The van der Waals surface area contributed by atoms with Crippen LogP contribution in [0.25, 0.3) is 0 Å². The van der Waals surface area contributed by atoms with Crippen LogP contribution < -0.4 is 16.4 Å². The van der Waals surface area contributed by atoms with Gasteiger partial charge in [-0.05, 0) is 25.7 Å². The zero-order valence-corrected chi connectivity index (χ0v) is 17.2. The van der Waals surface area contributed by atoms with Crippen LogP contribution in [-0.4, -0.2) is 98.3 Å². The van der Waals surface area contributed by atoms with E-state index in [1.54, 1.807) is 0 Å². The second kappa shape index (κ2) is 12.6. The Bertz CT molecular complexity index is 743. The maximum absolute atomic E-state index is 12.8. The minimum atomic E-state index is -1.46. The molecule has 32 heavy (non-hydrogen) atoms. The Labute approximate surface area is 182 Å². The zero-order chi connectivity index (χ0) is 24.4. The van der Waals surface area contributed by atoms with E-state index >= 15 is 0 Å². The van der Waals surface area contributed by atoms with Gasteiger partial charge in [-0.1, -0.05) is 0 Å². The molecule has 0 aromatic carbocycles. The Balaban J connectivity index is 2.79. The van der Waals surface area contributed by atoms with Gasteiger partial charge < -0.3 is 41.7 Å². The number of nitrogens with two attached hydrogens (primary N) is 1. The van der Waals surface area contributed by atoms with E-state index in [4.69, 9.17) is 15.9 Å². The number of hydrogen-bond donors (Lipinski definition) is 7. The first-order valence-corrected chi connectivity index (χ1v) is 9.92. The molecule has 180 valence electrons. The maximum atomic E-state index is 12.8. The van der Waals surface area contributed by atoms with Crippen molar-refractivity contribution in [3.8, 4) is 0 Å². The number of carbonyl (C=O) groups excluding carboxylic acids is 3. The Kier molecular flexibility index (Phi) is 10.5. The van der Waals surface area contributed by atoms with Crippen LogP contribution in [0.3, 0.4) is 0 Å². The van der Waals surface area contributed by atoms with Crippen LogP contribution in [0.5, 0.6) is 0 Å². The van der Waals surface area contributed by atoms with Gasteiger partial charge in [-0.2, -0.15) is 0 Å². The monoisotopic (exact) mass is 460 g/mol. The predicted octanol–water partition coefficient (Wildman–Crippen LogP) is -2.92. The molecule has 0 saturated carbocycles. The largest absolute Gasteiger partial charge is 0.481 e. The van der Waals surface area contributed by atoms with Gasteiger partial charge in [0.1, 0.15) is 18.1 Å². The van der Waals surface area contributed by atoms with E-state index < -0.39 is 72.8 Å². The third kappa shape index (κ3) is 8.11. The van der Waals surface area contributed by atoms with Gasteiger partial charge in [0, 0.05) is 19.4 Å². The number of carboxylic acids is 3. The molecule has 1 heterocycles. The Morgan fingerprint density at radius 3 is 2.06 bits per heavy atom. The summed E-state index contributed by atoms with van der Waals surface area (Å²) in [6.45, 7) is -0.696. The molecular formula is C18H28N4O10. The van der Waals surface area contributed by atoms with Gasteiger partial charge in [-0.25, -0.2) is 4.79 Å². The lowest BCUT2D eigenvalue weighted by atomic mass is 10.1. The molecule has 0 radical (unpaired) electrons. The van der Waals surface area contributed by atoms with Crippen molar-refractivity contribution in [3.63, 3.8) is 0 Å². The SMILES string of the molecule is NC(CCC(=O)O)C(=O)NC(CO)C(=O)N1CCCC1C(=O)NC(CCC(=O)O)C(=O)O. The van der Waals surface area contributed by atoms with Gasteiger partial charge in [0.25, 0.3) is 0 Å². The highest BCUT2D eigenvalue weighted by Gasteiger charge is 2.39. The average molecular weight is 460 g/mol. The number of carboxylic acid groups (broad SMARTS) is 3. The fourth-order valence-electron chi connectivity index (χ4n) is 3.17. The highest BCUT2D eigenvalue weighted by atomic mass is 16.4. The molecule has 0 aromatic rings. The molecule has 14 nitrogen and oxygen atoms in total. The number of aliphatic hydroxyl groups is 1. The zero-order valence-electron chi connectivity index (χ0n) is 17.2. The maximum Gasteiger partial charge on any atom is 0.326 e. The number of rotatable bonds is 13. The molecule has 3 amide bonds. The molecule has 0 aliphatic carbocycles. The van der Waals surface area contributed by atoms with Crippen molar-refractivity contribution < 1.29 is 49.2 Å². The van der Waals surface area contributed by atoms with Crippen molar-refractivity contribution in [1.29, 1.82) is 0 Å². The fraction of sp³-hybridized carbons (Fsp3) is 0.667. The van der Waals surface area contributed by atoms with Crippen LogP contribution in [-0.2, 0) is 28.8 Å². The van der Waals surface area contributed by atoms with Crippen LogP contribution in [0.1, 0.15) is 38.5 Å². The van der Waals surface area contributed by atoms with E-state index in [9.17, 15) is 39.0 Å². The minimum Gasteiger partial charge on any atom is -0.481 e.